The zero-order chi connectivity index (χ0) is 15.7. The number of nitriles is 1. The van der Waals surface area contributed by atoms with Crippen LogP contribution in [0.15, 0.2) is 16.7 Å². The molecule has 0 spiro atoms. The van der Waals surface area contributed by atoms with Gasteiger partial charge in [0, 0.05) is 18.7 Å². The molecule has 6 heteroatoms. The van der Waals surface area contributed by atoms with Crippen LogP contribution in [0.5, 0.6) is 0 Å². The minimum atomic E-state index is 0.312. The minimum Gasteiger partial charge on any atom is -0.351 e. The minimum absolute atomic E-state index is 0.312. The normalized spacial score (nSPS) is 14.1. The van der Waals surface area contributed by atoms with Crippen molar-refractivity contribution in [1.82, 2.24) is 15.1 Å². The average Bonchev–Trinajstić information content (AvgIpc) is 3.26. The molecule has 1 fully saturated rings. The molecule has 0 saturated heterocycles. The first-order valence-corrected chi connectivity index (χ1v) is 7.53. The molecule has 6 nitrogen and oxygen atoms in total. The van der Waals surface area contributed by atoms with Crippen molar-refractivity contribution in [3.63, 3.8) is 0 Å². The van der Waals surface area contributed by atoms with Crippen molar-refractivity contribution in [2.24, 2.45) is 0 Å². The van der Waals surface area contributed by atoms with Gasteiger partial charge in [-0.25, -0.2) is 4.98 Å². The van der Waals surface area contributed by atoms with Crippen molar-refractivity contribution in [3.8, 4) is 6.07 Å². The van der Waals surface area contributed by atoms with E-state index in [2.05, 4.69) is 35.0 Å². The lowest BCUT2D eigenvalue weighted by Gasteiger charge is -2.19. The lowest BCUT2D eigenvalue weighted by atomic mass is 10.1. The van der Waals surface area contributed by atoms with Crippen LogP contribution in [0.1, 0.15) is 61.5 Å². The molecule has 2 heterocycles. The molecule has 0 unspecified atom stereocenters. The van der Waals surface area contributed by atoms with Crippen molar-refractivity contribution in [3.05, 3.63) is 35.1 Å². The second-order valence-corrected chi connectivity index (χ2v) is 6.05. The van der Waals surface area contributed by atoms with Gasteiger partial charge < -0.3 is 9.42 Å². The highest BCUT2D eigenvalue weighted by molar-refractivity contribution is 5.54. The molecular weight excluding hydrogens is 278 g/mol. The zero-order valence-electron chi connectivity index (χ0n) is 13.1. The standard InChI is InChI=1S/C16H19N5O/c1-10(2)13-7-6-12(8-17)15(18-13)21(3)9-14-19-16(22-20-14)11-4-5-11/h6-7,10-11H,4-5,9H2,1-3H3. The van der Waals surface area contributed by atoms with Gasteiger partial charge in [0.15, 0.2) is 5.82 Å². The molecule has 1 aliphatic carbocycles. The number of pyridine rings is 1. The van der Waals surface area contributed by atoms with E-state index in [-0.39, 0.29) is 0 Å². The monoisotopic (exact) mass is 297 g/mol. The summed E-state index contributed by atoms with van der Waals surface area (Å²) in [7, 11) is 1.89. The van der Waals surface area contributed by atoms with Gasteiger partial charge in [0.2, 0.25) is 5.89 Å². The number of anilines is 1. The number of hydrogen-bond acceptors (Lipinski definition) is 6. The zero-order valence-corrected chi connectivity index (χ0v) is 13.1. The summed E-state index contributed by atoms with van der Waals surface area (Å²) in [5, 5.41) is 13.3. The summed E-state index contributed by atoms with van der Waals surface area (Å²) in [6.07, 6.45) is 2.27. The highest BCUT2D eigenvalue weighted by atomic mass is 16.5. The van der Waals surface area contributed by atoms with Crippen LogP contribution in [-0.4, -0.2) is 22.2 Å². The second kappa shape index (κ2) is 5.76. The predicted molar refractivity (Wildman–Crippen MR) is 81.4 cm³/mol. The molecule has 0 atom stereocenters. The van der Waals surface area contributed by atoms with E-state index in [0.29, 0.717) is 35.6 Å². The molecular formula is C16H19N5O. The van der Waals surface area contributed by atoms with Crippen molar-refractivity contribution in [2.45, 2.75) is 45.1 Å². The lowest BCUT2D eigenvalue weighted by Crippen LogP contribution is -2.20. The van der Waals surface area contributed by atoms with Crippen LogP contribution in [-0.2, 0) is 6.54 Å². The topological polar surface area (TPSA) is 78.8 Å². The highest BCUT2D eigenvalue weighted by Crippen LogP contribution is 2.38. The summed E-state index contributed by atoms with van der Waals surface area (Å²) in [5.41, 5.74) is 1.52. The third kappa shape index (κ3) is 2.93. The molecule has 22 heavy (non-hydrogen) atoms. The molecule has 114 valence electrons. The van der Waals surface area contributed by atoms with Gasteiger partial charge in [-0.05, 0) is 30.9 Å². The summed E-state index contributed by atoms with van der Waals surface area (Å²) in [6.45, 7) is 4.64. The van der Waals surface area contributed by atoms with Crippen LogP contribution < -0.4 is 4.90 Å². The lowest BCUT2D eigenvalue weighted by molar-refractivity contribution is 0.374. The van der Waals surface area contributed by atoms with Crippen LogP contribution >= 0.6 is 0 Å². The van der Waals surface area contributed by atoms with E-state index < -0.39 is 0 Å². The number of aromatic nitrogens is 3. The Bertz CT molecular complexity index is 712. The Hall–Kier alpha value is -2.42. The Labute approximate surface area is 129 Å². The van der Waals surface area contributed by atoms with Crippen LogP contribution in [0.25, 0.3) is 0 Å². The maximum Gasteiger partial charge on any atom is 0.229 e. The molecule has 0 radical (unpaired) electrons. The maximum absolute atomic E-state index is 9.28. The SMILES string of the molecule is CC(C)c1ccc(C#N)c(N(C)Cc2noc(C3CC3)n2)n1. The van der Waals surface area contributed by atoms with Gasteiger partial charge >= 0.3 is 0 Å². The van der Waals surface area contributed by atoms with Crippen molar-refractivity contribution in [2.75, 3.05) is 11.9 Å². The molecule has 1 aliphatic rings. The van der Waals surface area contributed by atoms with Crippen LogP contribution in [0.2, 0.25) is 0 Å². The average molecular weight is 297 g/mol. The first kappa shape index (κ1) is 14.5. The fourth-order valence-electron chi connectivity index (χ4n) is 2.28. The van der Waals surface area contributed by atoms with E-state index >= 15 is 0 Å². The van der Waals surface area contributed by atoms with E-state index in [0.717, 1.165) is 24.4 Å². The van der Waals surface area contributed by atoms with Gasteiger partial charge in [0.25, 0.3) is 0 Å². The van der Waals surface area contributed by atoms with E-state index in [1.165, 1.54) is 0 Å². The van der Waals surface area contributed by atoms with E-state index in [4.69, 9.17) is 4.52 Å². The van der Waals surface area contributed by atoms with E-state index in [1.807, 2.05) is 24.1 Å². The van der Waals surface area contributed by atoms with Crippen molar-refractivity contribution >= 4 is 5.82 Å². The van der Waals surface area contributed by atoms with Crippen molar-refractivity contribution in [1.29, 1.82) is 5.26 Å². The highest BCUT2D eigenvalue weighted by Gasteiger charge is 2.29. The van der Waals surface area contributed by atoms with Gasteiger partial charge in [0.1, 0.15) is 11.9 Å². The van der Waals surface area contributed by atoms with Crippen LogP contribution in [0, 0.1) is 11.3 Å². The number of rotatable bonds is 5. The number of nitrogens with zero attached hydrogens (tertiary/aromatic N) is 5. The van der Waals surface area contributed by atoms with Gasteiger partial charge in [-0.1, -0.05) is 19.0 Å². The molecule has 0 bridgehead atoms. The predicted octanol–water partition coefficient (Wildman–Crippen LogP) is 2.97. The Morgan fingerprint density at radius 1 is 1.36 bits per heavy atom. The van der Waals surface area contributed by atoms with Crippen LogP contribution in [0.4, 0.5) is 5.82 Å². The van der Waals surface area contributed by atoms with E-state index in [1.54, 1.807) is 0 Å². The van der Waals surface area contributed by atoms with Crippen molar-refractivity contribution < 1.29 is 4.52 Å². The fourth-order valence-corrected chi connectivity index (χ4v) is 2.28. The second-order valence-electron chi connectivity index (χ2n) is 6.05. The molecule has 2 aromatic heterocycles. The van der Waals surface area contributed by atoms with Gasteiger partial charge in [-0.2, -0.15) is 10.2 Å². The summed E-state index contributed by atoms with van der Waals surface area (Å²) in [4.78, 5) is 10.9. The largest absolute Gasteiger partial charge is 0.351 e. The van der Waals surface area contributed by atoms with Gasteiger partial charge in [0.05, 0.1) is 12.1 Å². The fraction of sp³-hybridized carbons (Fsp3) is 0.500. The molecule has 3 rings (SSSR count). The summed E-state index contributed by atoms with van der Waals surface area (Å²) < 4.78 is 5.27. The summed E-state index contributed by atoms with van der Waals surface area (Å²) in [5.74, 6) is 2.78. The quantitative estimate of drug-likeness (QED) is 0.844. The van der Waals surface area contributed by atoms with Crippen LogP contribution in [0.3, 0.4) is 0 Å². The third-order valence-corrected chi connectivity index (χ3v) is 3.76. The molecule has 0 aliphatic heterocycles. The molecule has 1 saturated carbocycles. The molecule has 0 amide bonds. The van der Waals surface area contributed by atoms with E-state index in [9.17, 15) is 5.26 Å². The Kier molecular flexibility index (Phi) is 3.80. The number of hydrogen-bond donors (Lipinski definition) is 0. The smallest absolute Gasteiger partial charge is 0.229 e. The Morgan fingerprint density at radius 3 is 2.77 bits per heavy atom. The maximum atomic E-state index is 9.28. The molecule has 0 aromatic carbocycles. The Balaban J connectivity index is 1.81. The summed E-state index contributed by atoms with van der Waals surface area (Å²) in [6, 6.07) is 5.92. The third-order valence-electron chi connectivity index (χ3n) is 3.76. The van der Waals surface area contributed by atoms with Gasteiger partial charge in [-0.15, -0.1) is 0 Å². The first-order valence-electron chi connectivity index (χ1n) is 7.53. The molecule has 0 N–H and O–H groups in total. The Morgan fingerprint density at radius 2 is 2.14 bits per heavy atom. The molecule has 2 aromatic rings. The summed E-state index contributed by atoms with van der Waals surface area (Å²) >= 11 is 0. The first-order chi connectivity index (χ1) is 10.6. The van der Waals surface area contributed by atoms with Gasteiger partial charge in [-0.3, -0.25) is 0 Å².